The molecule has 0 bridgehead atoms. The van der Waals surface area contributed by atoms with E-state index in [2.05, 4.69) is 27.3 Å². The van der Waals surface area contributed by atoms with Gasteiger partial charge in [-0.3, -0.25) is 4.48 Å². The van der Waals surface area contributed by atoms with E-state index in [9.17, 15) is 0 Å². The van der Waals surface area contributed by atoms with Crippen LogP contribution in [-0.4, -0.2) is 30.6 Å². The van der Waals surface area contributed by atoms with Crippen molar-refractivity contribution in [1.29, 1.82) is 0 Å². The summed E-state index contributed by atoms with van der Waals surface area (Å²) in [6, 6.07) is 0. The summed E-state index contributed by atoms with van der Waals surface area (Å²) in [5.74, 6) is 0. The van der Waals surface area contributed by atoms with Gasteiger partial charge in [0.2, 0.25) is 0 Å². The molecule has 0 aliphatic rings. The van der Waals surface area contributed by atoms with Crippen LogP contribution in [-0.2, 0) is 0 Å². The first-order valence-corrected chi connectivity index (χ1v) is 2.69. The molecule has 2 heteroatoms. The van der Waals surface area contributed by atoms with Crippen LogP contribution in [0.25, 0.3) is 0 Å². The third-order valence-electron chi connectivity index (χ3n) is 1.09. The first kappa shape index (κ1) is 11.2. The normalized spacial score (nSPS) is 9.56. The molecule has 9 heavy (non-hydrogen) atoms. The van der Waals surface area contributed by atoms with E-state index in [1.165, 1.54) is 0 Å². The molecule has 0 fully saturated rings. The lowest BCUT2D eigenvalue weighted by molar-refractivity contribution is -0.832. The van der Waals surface area contributed by atoms with Crippen LogP contribution >= 0.6 is 0 Å². The molecule has 2 N–H and O–H groups in total. The Morgan fingerprint density at radius 1 is 1.33 bits per heavy atom. The average molecular weight is 130 g/mol. The minimum absolute atomic E-state index is 0. The van der Waals surface area contributed by atoms with Crippen LogP contribution < -0.4 is 0 Å². The van der Waals surface area contributed by atoms with Crippen molar-refractivity contribution in [2.75, 3.05) is 20.6 Å². The van der Waals surface area contributed by atoms with Gasteiger partial charge in [0.25, 0.3) is 0 Å². The lowest BCUT2D eigenvalue weighted by Gasteiger charge is -2.21. The highest BCUT2D eigenvalue weighted by atomic mass is 16.0. The Bertz CT molecular complexity index is 97.1. The number of hydrogen-bond acceptors (Lipinski definition) is 0. The molecule has 0 aromatic heterocycles. The molecular formula is C7H16NO+. The third kappa shape index (κ3) is 5.27. The highest BCUT2D eigenvalue weighted by Gasteiger charge is 2.03. The van der Waals surface area contributed by atoms with Gasteiger partial charge in [-0.2, -0.15) is 0 Å². The number of nitrogens with zero attached hydrogens (tertiary/aromatic N) is 1. The Kier molecular flexibility index (Phi) is 5.36. The van der Waals surface area contributed by atoms with Gasteiger partial charge in [0, 0.05) is 0 Å². The Hall–Kier alpha value is -0.600. The summed E-state index contributed by atoms with van der Waals surface area (Å²) < 4.78 is 0.809. The molecule has 0 unspecified atom stereocenters. The quantitative estimate of drug-likeness (QED) is 0.395. The molecule has 0 saturated carbocycles. The number of quaternary nitrogens is 1. The van der Waals surface area contributed by atoms with Crippen LogP contribution in [0.2, 0.25) is 0 Å². The molecule has 2 nitrogen and oxygen atoms in total. The van der Waals surface area contributed by atoms with Crippen LogP contribution in [0.1, 0.15) is 0 Å². The van der Waals surface area contributed by atoms with Gasteiger partial charge < -0.3 is 5.48 Å². The maximum absolute atomic E-state index is 3.68. The van der Waals surface area contributed by atoms with Crippen molar-refractivity contribution in [3.8, 4) is 0 Å². The van der Waals surface area contributed by atoms with Gasteiger partial charge in [0.15, 0.2) is 0 Å². The van der Waals surface area contributed by atoms with E-state index >= 15 is 0 Å². The number of rotatable bonds is 3. The summed E-state index contributed by atoms with van der Waals surface area (Å²) >= 11 is 0. The van der Waals surface area contributed by atoms with Crippen LogP contribution in [0.15, 0.2) is 25.4 Å². The van der Waals surface area contributed by atoms with E-state index < -0.39 is 0 Å². The summed E-state index contributed by atoms with van der Waals surface area (Å²) in [5.41, 5.74) is 0. The second-order valence-corrected chi connectivity index (χ2v) is 2.43. The van der Waals surface area contributed by atoms with Crippen LogP contribution in [0.3, 0.4) is 0 Å². The lowest BCUT2D eigenvalue weighted by atomic mass is 10.5. The van der Waals surface area contributed by atoms with Gasteiger partial charge >= 0.3 is 0 Å². The topological polar surface area (TPSA) is 31.5 Å². The summed E-state index contributed by atoms with van der Waals surface area (Å²) in [6.07, 6.45) is 3.78. The van der Waals surface area contributed by atoms with Crippen LogP contribution in [0.5, 0.6) is 0 Å². The average Bonchev–Trinajstić information content (AvgIpc) is 1.67. The zero-order valence-electron chi connectivity index (χ0n) is 6.22. The first-order chi connectivity index (χ1) is 3.62. The van der Waals surface area contributed by atoms with Gasteiger partial charge in [0.1, 0.15) is 6.54 Å². The molecule has 0 atom stereocenters. The summed E-state index contributed by atoms with van der Waals surface area (Å²) in [4.78, 5) is 0. The van der Waals surface area contributed by atoms with Gasteiger partial charge in [-0.1, -0.05) is 6.58 Å². The van der Waals surface area contributed by atoms with Crippen molar-refractivity contribution in [3.63, 3.8) is 0 Å². The molecule has 54 valence electrons. The molecule has 0 amide bonds. The fourth-order valence-corrected chi connectivity index (χ4v) is 0.407. The zero-order valence-corrected chi connectivity index (χ0v) is 6.22. The SMILES string of the molecule is C=CC[N+](C)(C)C=C.O. The highest BCUT2D eigenvalue weighted by molar-refractivity contribution is 4.67. The predicted octanol–water partition coefficient (Wildman–Crippen LogP) is 0.568. The van der Waals surface area contributed by atoms with Crippen molar-refractivity contribution < 1.29 is 9.96 Å². The molecule has 0 aliphatic carbocycles. The molecule has 0 rings (SSSR count). The predicted molar refractivity (Wildman–Crippen MR) is 41.0 cm³/mol. The highest BCUT2D eigenvalue weighted by Crippen LogP contribution is 1.94. The van der Waals surface area contributed by atoms with Crippen molar-refractivity contribution in [3.05, 3.63) is 25.4 Å². The van der Waals surface area contributed by atoms with Crippen molar-refractivity contribution in [2.24, 2.45) is 0 Å². The Labute approximate surface area is 57.0 Å². The second kappa shape index (κ2) is 4.30. The van der Waals surface area contributed by atoms with E-state index in [1.807, 2.05) is 12.3 Å². The third-order valence-corrected chi connectivity index (χ3v) is 1.09. The van der Waals surface area contributed by atoms with E-state index in [0.29, 0.717) is 0 Å². The number of hydrogen-bond donors (Lipinski definition) is 0. The van der Waals surface area contributed by atoms with Gasteiger partial charge in [-0.15, -0.1) is 0 Å². The molecule has 0 heterocycles. The Balaban J connectivity index is 0. The minimum atomic E-state index is 0. The van der Waals surface area contributed by atoms with E-state index in [0.717, 1.165) is 11.0 Å². The summed E-state index contributed by atoms with van der Waals surface area (Å²) in [5, 5.41) is 0. The molecule has 0 saturated heterocycles. The molecule has 0 aromatic carbocycles. The van der Waals surface area contributed by atoms with Gasteiger partial charge in [-0.05, 0) is 12.7 Å². The van der Waals surface area contributed by atoms with E-state index in [-0.39, 0.29) is 5.48 Å². The Morgan fingerprint density at radius 3 is 1.89 bits per heavy atom. The molecule has 0 spiro atoms. The van der Waals surface area contributed by atoms with Crippen molar-refractivity contribution in [1.82, 2.24) is 0 Å². The molecular weight excluding hydrogens is 114 g/mol. The maximum atomic E-state index is 3.68. The standard InChI is InChI=1S/C7H14N.H2O/c1-5-7-8(3,4)6-2;/h5-6H,1-2,7H2,3-4H3;1H2/q+1;. The largest absolute Gasteiger partial charge is 0.412 e. The van der Waals surface area contributed by atoms with E-state index in [1.54, 1.807) is 0 Å². The number of likely N-dealkylation sites (N-methyl/N-ethyl adjacent to an activating group) is 1. The summed E-state index contributed by atoms with van der Waals surface area (Å²) in [7, 11) is 4.16. The zero-order chi connectivity index (χ0) is 6.62. The lowest BCUT2D eigenvalue weighted by Crippen LogP contribution is -2.32. The fourth-order valence-electron chi connectivity index (χ4n) is 0.407. The molecule has 0 aromatic rings. The first-order valence-electron chi connectivity index (χ1n) is 2.69. The minimum Gasteiger partial charge on any atom is -0.412 e. The Morgan fingerprint density at radius 2 is 1.78 bits per heavy atom. The molecule has 0 radical (unpaired) electrons. The monoisotopic (exact) mass is 130 g/mol. The molecule has 0 aliphatic heterocycles. The van der Waals surface area contributed by atoms with Crippen molar-refractivity contribution >= 4 is 0 Å². The smallest absolute Gasteiger partial charge is 0.101 e. The fraction of sp³-hybridized carbons (Fsp3) is 0.429. The van der Waals surface area contributed by atoms with Crippen molar-refractivity contribution in [2.45, 2.75) is 0 Å². The summed E-state index contributed by atoms with van der Waals surface area (Å²) in [6.45, 7) is 8.25. The van der Waals surface area contributed by atoms with Crippen LogP contribution in [0, 0.1) is 0 Å². The van der Waals surface area contributed by atoms with Gasteiger partial charge in [0.05, 0.1) is 20.3 Å². The maximum Gasteiger partial charge on any atom is 0.101 e. The van der Waals surface area contributed by atoms with Crippen LogP contribution in [0.4, 0.5) is 0 Å². The van der Waals surface area contributed by atoms with Gasteiger partial charge in [-0.25, -0.2) is 0 Å². The second-order valence-electron chi connectivity index (χ2n) is 2.43. The van der Waals surface area contributed by atoms with E-state index in [4.69, 9.17) is 0 Å².